The maximum absolute atomic E-state index is 3.74. The second-order valence-electron chi connectivity index (χ2n) is 6.16. The highest BCUT2D eigenvalue weighted by Gasteiger charge is 2.41. The average Bonchev–Trinajstić information content (AvgIpc) is 2.28. The third kappa shape index (κ3) is 3.74. The van der Waals surface area contributed by atoms with Gasteiger partial charge in [-0.25, -0.2) is 0 Å². The van der Waals surface area contributed by atoms with E-state index in [1.54, 1.807) is 0 Å². The highest BCUT2D eigenvalue weighted by molar-refractivity contribution is 9.10. The fourth-order valence-corrected chi connectivity index (χ4v) is 8.81. The summed E-state index contributed by atoms with van der Waals surface area (Å²) in [5.41, 5.74) is 6.92. The lowest BCUT2D eigenvalue weighted by molar-refractivity contribution is 0.838. The van der Waals surface area contributed by atoms with E-state index in [1.807, 2.05) is 6.07 Å². The van der Waals surface area contributed by atoms with Gasteiger partial charge in [0, 0.05) is 10.0 Å². The quantitative estimate of drug-likeness (QED) is 0.467. The van der Waals surface area contributed by atoms with Crippen LogP contribution in [0.5, 0.6) is 0 Å². The summed E-state index contributed by atoms with van der Waals surface area (Å²) in [5.74, 6) is 3.45. The summed E-state index contributed by atoms with van der Waals surface area (Å²) in [5, 5.41) is 0. The molecule has 0 aliphatic carbocycles. The van der Waals surface area contributed by atoms with E-state index in [0.29, 0.717) is 16.6 Å². The molecule has 0 fully saturated rings. The lowest BCUT2D eigenvalue weighted by Gasteiger charge is -2.38. The van der Waals surface area contributed by atoms with E-state index < -0.39 is 8.07 Å². The van der Waals surface area contributed by atoms with Crippen LogP contribution in [-0.4, -0.2) is 8.07 Å². The van der Waals surface area contributed by atoms with Crippen molar-refractivity contribution in [1.82, 2.24) is 0 Å². The summed E-state index contributed by atoms with van der Waals surface area (Å²) in [6.07, 6.45) is 0. The molecule has 0 bridgehead atoms. The fraction of sp³-hybridized carbons (Fsp3) is 0.529. The van der Waals surface area contributed by atoms with Gasteiger partial charge in [-0.2, -0.15) is 0 Å². The number of hydrogen-bond acceptors (Lipinski definition) is 0. The van der Waals surface area contributed by atoms with Gasteiger partial charge in [0.1, 0.15) is 8.07 Å². The van der Waals surface area contributed by atoms with Gasteiger partial charge in [0.2, 0.25) is 0 Å². The van der Waals surface area contributed by atoms with Crippen LogP contribution in [0.15, 0.2) is 28.7 Å². The second-order valence-corrected chi connectivity index (χ2v) is 12.7. The van der Waals surface area contributed by atoms with Gasteiger partial charge in [-0.05, 0) is 34.8 Å². The predicted octanol–water partition coefficient (Wildman–Crippen LogP) is 6.02. The molecular weight excluding hydrogens is 312 g/mol. The Kier molecular flexibility index (Phi) is 5.89. The first-order chi connectivity index (χ1) is 8.80. The molecule has 0 aliphatic rings. The van der Waals surface area contributed by atoms with E-state index in [4.69, 9.17) is 0 Å². The predicted molar refractivity (Wildman–Crippen MR) is 92.1 cm³/mol. The van der Waals surface area contributed by atoms with E-state index in [9.17, 15) is 0 Å². The van der Waals surface area contributed by atoms with Crippen LogP contribution in [0.2, 0.25) is 16.6 Å². The molecule has 0 unspecified atom stereocenters. The van der Waals surface area contributed by atoms with Crippen molar-refractivity contribution >= 4 is 24.0 Å². The Morgan fingerprint density at radius 2 is 1.47 bits per heavy atom. The summed E-state index contributed by atoms with van der Waals surface area (Å²) >= 11 is 3.51. The first-order valence-corrected chi connectivity index (χ1v) is 10.1. The molecule has 0 nitrogen and oxygen atoms in total. The van der Waals surface area contributed by atoms with Crippen LogP contribution < -0.4 is 0 Å². The van der Waals surface area contributed by atoms with Crippen molar-refractivity contribution in [2.24, 2.45) is 0 Å². The van der Waals surface area contributed by atoms with Crippen molar-refractivity contribution in [3.05, 3.63) is 34.3 Å². The topological polar surface area (TPSA) is 0 Å². The van der Waals surface area contributed by atoms with E-state index in [0.717, 1.165) is 10.0 Å². The molecule has 2 heteroatoms. The summed E-state index contributed by atoms with van der Waals surface area (Å²) in [6.45, 7) is 14.1. The Bertz CT molecular complexity index is 456. The lowest BCUT2D eigenvalue weighted by atomic mass is 10.2. The van der Waals surface area contributed by atoms with Gasteiger partial charge in [0.25, 0.3) is 0 Å². The Labute approximate surface area is 128 Å². The van der Waals surface area contributed by atoms with Crippen molar-refractivity contribution in [3.8, 4) is 11.5 Å². The molecule has 0 saturated carbocycles. The van der Waals surface area contributed by atoms with Crippen LogP contribution in [-0.2, 0) is 0 Å². The number of benzene rings is 1. The monoisotopic (exact) mass is 336 g/mol. The molecule has 1 rings (SSSR count). The largest absolute Gasteiger partial charge is 0.146 e. The highest BCUT2D eigenvalue weighted by Crippen LogP contribution is 2.40. The Morgan fingerprint density at radius 1 is 0.947 bits per heavy atom. The molecule has 0 spiro atoms. The number of hydrogen-bond donors (Lipinski definition) is 0. The third-order valence-electron chi connectivity index (χ3n) is 4.11. The van der Waals surface area contributed by atoms with Crippen LogP contribution in [0.25, 0.3) is 0 Å². The van der Waals surface area contributed by atoms with Crippen molar-refractivity contribution in [2.45, 2.75) is 58.2 Å². The minimum absolute atomic E-state index is 0.687. The van der Waals surface area contributed by atoms with Crippen LogP contribution >= 0.6 is 15.9 Å². The summed E-state index contributed by atoms with van der Waals surface area (Å²) in [4.78, 5) is 0. The molecule has 104 valence electrons. The van der Waals surface area contributed by atoms with E-state index in [2.05, 4.69) is 87.1 Å². The first kappa shape index (κ1) is 16.5. The van der Waals surface area contributed by atoms with E-state index >= 15 is 0 Å². The zero-order chi connectivity index (χ0) is 14.6. The Hall–Kier alpha value is -0.523. The second kappa shape index (κ2) is 6.77. The number of halogens is 1. The normalized spacial score (nSPS) is 11.9. The summed E-state index contributed by atoms with van der Waals surface area (Å²) in [7, 11) is -1.60. The van der Waals surface area contributed by atoms with Crippen LogP contribution in [0, 0.1) is 11.5 Å². The summed E-state index contributed by atoms with van der Waals surface area (Å²) < 4.78 is 1.10. The molecule has 0 saturated heterocycles. The van der Waals surface area contributed by atoms with Gasteiger partial charge in [0.15, 0.2) is 0 Å². The molecule has 0 N–H and O–H groups in total. The van der Waals surface area contributed by atoms with Crippen LogP contribution in [0.4, 0.5) is 0 Å². The van der Waals surface area contributed by atoms with Gasteiger partial charge in [-0.15, -0.1) is 5.54 Å². The van der Waals surface area contributed by atoms with Crippen molar-refractivity contribution in [3.63, 3.8) is 0 Å². The molecule has 1 aromatic carbocycles. The van der Waals surface area contributed by atoms with Crippen molar-refractivity contribution in [1.29, 1.82) is 0 Å². The minimum atomic E-state index is -1.60. The Balaban J connectivity index is 3.23. The van der Waals surface area contributed by atoms with Crippen molar-refractivity contribution in [2.75, 3.05) is 0 Å². The van der Waals surface area contributed by atoms with Gasteiger partial charge in [-0.3, -0.25) is 0 Å². The molecule has 0 heterocycles. The maximum Gasteiger partial charge on any atom is 0.146 e. The summed E-state index contributed by atoms with van der Waals surface area (Å²) in [6, 6.07) is 8.30. The molecule has 0 aromatic heterocycles. The van der Waals surface area contributed by atoms with Crippen LogP contribution in [0.1, 0.15) is 47.1 Å². The van der Waals surface area contributed by atoms with Gasteiger partial charge < -0.3 is 0 Å². The average molecular weight is 337 g/mol. The molecule has 0 amide bonds. The lowest BCUT2D eigenvalue weighted by Crippen LogP contribution is -2.43. The van der Waals surface area contributed by atoms with Gasteiger partial charge >= 0.3 is 0 Å². The first-order valence-electron chi connectivity index (χ1n) is 7.09. The minimum Gasteiger partial charge on any atom is -0.125 e. The molecule has 0 atom stereocenters. The fourth-order valence-electron chi connectivity index (χ4n) is 3.18. The smallest absolute Gasteiger partial charge is 0.125 e. The van der Waals surface area contributed by atoms with Crippen LogP contribution in [0.3, 0.4) is 0 Å². The highest BCUT2D eigenvalue weighted by atomic mass is 79.9. The molecule has 0 aliphatic heterocycles. The van der Waals surface area contributed by atoms with Crippen molar-refractivity contribution < 1.29 is 0 Å². The maximum atomic E-state index is 3.74. The Morgan fingerprint density at radius 3 is 1.89 bits per heavy atom. The molecule has 19 heavy (non-hydrogen) atoms. The molecule has 1 aromatic rings. The van der Waals surface area contributed by atoms with Gasteiger partial charge in [-0.1, -0.05) is 69.5 Å². The number of rotatable bonds is 3. The van der Waals surface area contributed by atoms with E-state index in [-0.39, 0.29) is 0 Å². The van der Waals surface area contributed by atoms with E-state index in [1.165, 1.54) is 0 Å². The standard InChI is InChI=1S/C17H25BrSi/c1-13(2)19(14(3)4,15(5)6)11-10-16-8-7-9-17(18)12-16/h7-9,12-15H,1-6H3. The third-order valence-corrected chi connectivity index (χ3v) is 10.9. The molecule has 0 radical (unpaired) electrons. The SMILES string of the molecule is CC(C)[Si](C#Cc1cccc(Br)c1)(C(C)C)C(C)C. The zero-order valence-electron chi connectivity index (χ0n) is 12.9. The molecular formula is C17H25BrSi. The zero-order valence-corrected chi connectivity index (χ0v) is 15.5. The van der Waals surface area contributed by atoms with Gasteiger partial charge in [0.05, 0.1) is 0 Å².